The monoisotopic (exact) mass is 394 g/mol. The molecule has 1 fully saturated rings. The van der Waals surface area contributed by atoms with Gasteiger partial charge in [0, 0.05) is 44.4 Å². The molecule has 1 unspecified atom stereocenters. The molecule has 152 valence electrons. The van der Waals surface area contributed by atoms with Crippen LogP contribution in [0.4, 0.5) is 0 Å². The third-order valence-electron chi connectivity index (χ3n) is 5.55. The Hall–Kier alpha value is -2.93. The molecule has 7 nitrogen and oxygen atoms in total. The van der Waals surface area contributed by atoms with Crippen LogP contribution in [0, 0.1) is 6.92 Å². The molecule has 0 radical (unpaired) electrons. The maximum absolute atomic E-state index is 13.0. The zero-order valence-corrected chi connectivity index (χ0v) is 17.1. The fourth-order valence-corrected chi connectivity index (χ4v) is 3.98. The summed E-state index contributed by atoms with van der Waals surface area (Å²) in [6, 6.07) is 9.49. The number of rotatable bonds is 6. The Bertz CT molecular complexity index is 1030. The number of methoxy groups -OCH3 is 2. The molecule has 3 heterocycles. The lowest BCUT2D eigenvalue weighted by atomic mass is 10.1. The highest BCUT2D eigenvalue weighted by Crippen LogP contribution is 2.30. The molecule has 1 amide bonds. The molecule has 7 heteroatoms. The molecule has 1 aliphatic rings. The number of amides is 1. The Morgan fingerprint density at radius 3 is 2.93 bits per heavy atom. The molecular weight excluding hydrogens is 368 g/mol. The van der Waals surface area contributed by atoms with E-state index in [-0.39, 0.29) is 11.8 Å². The number of fused-ring (bicyclic) bond motifs is 1. The number of aryl methyl sites for hydroxylation is 1. The maximum atomic E-state index is 13.0. The van der Waals surface area contributed by atoms with Crippen molar-refractivity contribution in [3.05, 3.63) is 53.5 Å². The van der Waals surface area contributed by atoms with E-state index in [0.29, 0.717) is 31.8 Å². The Labute approximate surface area is 170 Å². The van der Waals surface area contributed by atoms with Gasteiger partial charge in [0.05, 0.1) is 13.7 Å². The van der Waals surface area contributed by atoms with Crippen LogP contribution < -0.4 is 4.74 Å². The molecule has 0 bridgehead atoms. The third-order valence-corrected chi connectivity index (χ3v) is 5.55. The molecule has 0 saturated carbocycles. The molecule has 1 aromatic carbocycles. The van der Waals surface area contributed by atoms with Gasteiger partial charge in [-0.3, -0.25) is 4.79 Å². The average Bonchev–Trinajstić information content (AvgIpc) is 3.37. The Morgan fingerprint density at radius 1 is 1.28 bits per heavy atom. The van der Waals surface area contributed by atoms with Crippen LogP contribution in [0.3, 0.4) is 0 Å². The predicted octanol–water partition coefficient (Wildman–Crippen LogP) is 3.02. The molecule has 2 aromatic heterocycles. The van der Waals surface area contributed by atoms with Gasteiger partial charge in [0.1, 0.15) is 17.1 Å². The van der Waals surface area contributed by atoms with Gasteiger partial charge in [-0.25, -0.2) is 9.97 Å². The lowest BCUT2D eigenvalue weighted by Gasteiger charge is -2.18. The Balaban J connectivity index is 1.57. The Morgan fingerprint density at radius 2 is 2.14 bits per heavy atom. The standard InChI is InChI=1S/C22H26N4O3/c1-15-6-7-16(13-19(15)29-3)22(27)25-10-8-17(14-25)20-24-18-5-4-9-23-21(18)26(20)11-12-28-2/h4-7,9,13,17H,8,10-12,14H2,1-3H3. The van der Waals surface area contributed by atoms with E-state index in [9.17, 15) is 4.79 Å². The molecule has 4 rings (SSSR count). The molecule has 1 saturated heterocycles. The van der Waals surface area contributed by atoms with Crippen LogP contribution in [0.15, 0.2) is 36.5 Å². The zero-order chi connectivity index (χ0) is 20.4. The molecule has 29 heavy (non-hydrogen) atoms. The van der Waals surface area contributed by atoms with Gasteiger partial charge in [-0.2, -0.15) is 0 Å². The average molecular weight is 394 g/mol. The van der Waals surface area contributed by atoms with Gasteiger partial charge in [0.15, 0.2) is 5.65 Å². The lowest BCUT2D eigenvalue weighted by molar-refractivity contribution is 0.0790. The predicted molar refractivity (Wildman–Crippen MR) is 110 cm³/mol. The van der Waals surface area contributed by atoms with Crippen molar-refractivity contribution < 1.29 is 14.3 Å². The summed E-state index contributed by atoms with van der Waals surface area (Å²) in [5.41, 5.74) is 3.42. The van der Waals surface area contributed by atoms with Gasteiger partial charge in [-0.1, -0.05) is 6.07 Å². The summed E-state index contributed by atoms with van der Waals surface area (Å²) in [4.78, 5) is 24.3. The highest BCUT2D eigenvalue weighted by Gasteiger charge is 2.31. The minimum atomic E-state index is 0.0310. The summed E-state index contributed by atoms with van der Waals surface area (Å²) in [5, 5.41) is 0. The van der Waals surface area contributed by atoms with Gasteiger partial charge in [0.25, 0.3) is 5.91 Å². The van der Waals surface area contributed by atoms with Gasteiger partial charge < -0.3 is 18.9 Å². The first-order chi connectivity index (χ1) is 14.1. The maximum Gasteiger partial charge on any atom is 0.254 e. The quantitative estimate of drug-likeness (QED) is 0.643. The van der Waals surface area contributed by atoms with Crippen LogP contribution in [-0.4, -0.2) is 59.3 Å². The number of hydrogen-bond acceptors (Lipinski definition) is 5. The number of pyridine rings is 1. The van der Waals surface area contributed by atoms with E-state index < -0.39 is 0 Å². The van der Waals surface area contributed by atoms with Gasteiger partial charge in [-0.05, 0) is 43.2 Å². The zero-order valence-electron chi connectivity index (χ0n) is 17.1. The number of hydrogen-bond donors (Lipinski definition) is 0. The van der Waals surface area contributed by atoms with Crippen molar-refractivity contribution in [2.45, 2.75) is 25.8 Å². The number of nitrogens with zero attached hydrogens (tertiary/aromatic N) is 4. The number of imidazole rings is 1. The minimum absolute atomic E-state index is 0.0310. The SMILES string of the molecule is COCCn1c(C2CCN(C(=O)c3ccc(C)c(OC)c3)C2)nc2cccnc21. The third kappa shape index (κ3) is 3.70. The van der Waals surface area contributed by atoms with E-state index in [1.165, 1.54) is 0 Å². The van der Waals surface area contributed by atoms with Crippen LogP contribution in [0.1, 0.15) is 34.1 Å². The summed E-state index contributed by atoms with van der Waals surface area (Å²) in [7, 11) is 3.32. The first-order valence-electron chi connectivity index (χ1n) is 9.86. The van der Waals surface area contributed by atoms with Crippen molar-refractivity contribution in [3.63, 3.8) is 0 Å². The van der Waals surface area contributed by atoms with E-state index in [1.54, 1.807) is 20.4 Å². The van der Waals surface area contributed by atoms with Crippen molar-refractivity contribution in [2.24, 2.45) is 0 Å². The van der Waals surface area contributed by atoms with Crippen molar-refractivity contribution >= 4 is 17.1 Å². The number of benzene rings is 1. The second kappa shape index (κ2) is 8.21. The second-order valence-electron chi connectivity index (χ2n) is 7.38. The van der Waals surface area contributed by atoms with Gasteiger partial charge in [-0.15, -0.1) is 0 Å². The van der Waals surface area contributed by atoms with E-state index in [0.717, 1.165) is 34.7 Å². The highest BCUT2D eigenvalue weighted by molar-refractivity contribution is 5.95. The number of carbonyl (C=O) groups excluding carboxylic acids is 1. The van der Waals surface area contributed by atoms with E-state index in [1.807, 2.05) is 42.2 Å². The largest absolute Gasteiger partial charge is 0.496 e. The van der Waals surface area contributed by atoms with Gasteiger partial charge >= 0.3 is 0 Å². The normalized spacial score (nSPS) is 16.5. The smallest absolute Gasteiger partial charge is 0.254 e. The van der Waals surface area contributed by atoms with Crippen LogP contribution >= 0.6 is 0 Å². The molecule has 0 spiro atoms. The summed E-state index contributed by atoms with van der Waals surface area (Å²) in [6.07, 6.45) is 2.66. The van der Waals surface area contributed by atoms with Gasteiger partial charge in [0.2, 0.25) is 0 Å². The van der Waals surface area contributed by atoms with Crippen molar-refractivity contribution in [2.75, 3.05) is 33.9 Å². The summed E-state index contributed by atoms with van der Waals surface area (Å²) in [6.45, 7) is 4.61. The number of carbonyl (C=O) groups is 1. The summed E-state index contributed by atoms with van der Waals surface area (Å²) in [5.74, 6) is 1.92. The van der Waals surface area contributed by atoms with Crippen LogP contribution in [0.2, 0.25) is 0 Å². The van der Waals surface area contributed by atoms with Crippen LogP contribution in [0.25, 0.3) is 11.2 Å². The highest BCUT2D eigenvalue weighted by atomic mass is 16.5. The second-order valence-corrected chi connectivity index (χ2v) is 7.38. The molecule has 0 N–H and O–H groups in total. The number of ether oxygens (including phenoxy) is 2. The number of likely N-dealkylation sites (tertiary alicyclic amines) is 1. The fraction of sp³-hybridized carbons (Fsp3) is 0.409. The first kappa shape index (κ1) is 19.4. The fourth-order valence-electron chi connectivity index (χ4n) is 3.98. The molecular formula is C22H26N4O3. The van der Waals surface area contributed by atoms with Crippen LogP contribution in [-0.2, 0) is 11.3 Å². The number of aromatic nitrogens is 3. The van der Waals surface area contributed by atoms with Crippen molar-refractivity contribution in [1.29, 1.82) is 0 Å². The molecule has 1 atom stereocenters. The summed E-state index contributed by atoms with van der Waals surface area (Å²) < 4.78 is 12.8. The van der Waals surface area contributed by atoms with Crippen molar-refractivity contribution in [1.82, 2.24) is 19.4 Å². The molecule has 3 aromatic rings. The van der Waals surface area contributed by atoms with E-state index in [4.69, 9.17) is 14.5 Å². The minimum Gasteiger partial charge on any atom is -0.496 e. The first-order valence-corrected chi connectivity index (χ1v) is 9.86. The van der Waals surface area contributed by atoms with E-state index >= 15 is 0 Å². The topological polar surface area (TPSA) is 69.5 Å². The molecule has 0 aliphatic carbocycles. The van der Waals surface area contributed by atoms with Crippen LogP contribution in [0.5, 0.6) is 5.75 Å². The molecule has 1 aliphatic heterocycles. The lowest BCUT2D eigenvalue weighted by Crippen LogP contribution is -2.28. The van der Waals surface area contributed by atoms with Crippen molar-refractivity contribution in [3.8, 4) is 5.75 Å². The summed E-state index contributed by atoms with van der Waals surface area (Å²) >= 11 is 0. The Kier molecular flexibility index (Phi) is 5.49. The van der Waals surface area contributed by atoms with E-state index in [2.05, 4.69) is 9.55 Å².